The predicted molar refractivity (Wildman–Crippen MR) is 150 cm³/mol. The van der Waals surface area contributed by atoms with E-state index in [0.29, 0.717) is 38.8 Å². The predicted octanol–water partition coefficient (Wildman–Crippen LogP) is 5.88. The summed E-state index contributed by atoms with van der Waals surface area (Å²) < 4.78 is 12.8. The van der Waals surface area contributed by atoms with Crippen LogP contribution in [0.25, 0.3) is 22.3 Å². The second-order valence-electron chi connectivity index (χ2n) is 8.50. The van der Waals surface area contributed by atoms with E-state index in [1.807, 2.05) is 36.4 Å². The first kappa shape index (κ1) is 25.7. The van der Waals surface area contributed by atoms with E-state index in [-0.39, 0.29) is 17.7 Å². The van der Waals surface area contributed by atoms with Gasteiger partial charge in [-0.25, -0.2) is 9.78 Å². The lowest BCUT2D eigenvalue weighted by Gasteiger charge is -2.14. The van der Waals surface area contributed by atoms with Crippen LogP contribution in [0, 0.1) is 0 Å². The number of carboxylic acids is 1. The molecule has 0 aliphatic carbocycles. The molecule has 0 aliphatic rings. The molecule has 194 valence electrons. The number of aromatic nitrogens is 2. The van der Waals surface area contributed by atoms with Crippen molar-refractivity contribution in [1.29, 1.82) is 0 Å². The number of halogens is 1. The molecule has 39 heavy (non-hydrogen) atoms. The molecule has 0 spiro atoms. The minimum Gasteiger partial charge on any atom is -0.493 e. The van der Waals surface area contributed by atoms with E-state index in [0.717, 1.165) is 11.1 Å². The topological polar surface area (TPSA) is 103 Å². The van der Waals surface area contributed by atoms with Crippen molar-refractivity contribution in [1.82, 2.24) is 9.66 Å². The van der Waals surface area contributed by atoms with Crippen LogP contribution in [0.4, 0.5) is 0 Å². The summed E-state index contributed by atoms with van der Waals surface area (Å²) in [6.45, 7) is 0.130. The summed E-state index contributed by atoms with van der Waals surface area (Å²) in [6, 6.07) is 26.0. The Bertz CT molecular complexity index is 1750. The number of nitrogens with zero attached hydrogens (tertiary/aromatic N) is 3. The van der Waals surface area contributed by atoms with Gasteiger partial charge in [0.1, 0.15) is 6.61 Å². The molecule has 0 amide bonds. The van der Waals surface area contributed by atoms with E-state index in [1.165, 1.54) is 30.1 Å². The zero-order valence-corrected chi connectivity index (χ0v) is 21.5. The zero-order valence-electron chi connectivity index (χ0n) is 20.7. The SMILES string of the molecule is COc1cc(Cl)cc(C=Nn2c(-c3ccccc3)nc3ccccc3c2=O)c1OCc1ccc(C(=O)O)cc1. The standard InChI is InChI=1S/C30H22ClN3O5/c1-38-26-16-23(31)15-22(27(26)39-18-19-11-13-21(14-12-19)30(36)37)17-32-34-28(20-7-3-2-4-8-20)33-25-10-6-5-9-24(25)29(34)35/h2-17H,18H2,1H3,(H,36,37). The highest BCUT2D eigenvalue weighted by Crippen LogP contribution is 2.34. The lowest BCUT2D eigenvalue weighted by atomic mass is 10.1. The number of carboxylic acid groups (broad SMARTS) is 1. The van der Waals surface area contributed by atoms with Crippen LogP contribution in [0.15, 0.2) is 101 Å². The van der Waals surface area contributed by atoms with Crippen LogP contribution in [-0.4, -0.2) is 34.1 Å². The summed E-state index contributed by atoms with van der Waals surface area (Å²) in [5.41, 5.74) is 2.37. The number of hydrogen-bond acceptors (Lipinski definition) is 6. The summed E-state index contributed by atoms with van der Waals surface area (Å²) >= 11 is 6.35. The Labute approximate surface area is 228 Å². The molecule has 9 heteroatoms. The molecule has 0 radical (unpaired) electrons. The number of rotatable bonds is 8. The van der Waals surface area contributed by atoms with Crippen LogP contribution in [0.3, 0.4) is 0 Å². The van der Waals surface area contributed by atoms with E-state index >= 15 is 0 Å². The quantitative estimate of drug-likeness (QED) is 0.247. The van der Waals surface area contributed by atoms with Crippen LogP contribution in [-0.2, 0) is 6.61 Å². The third-order valence-electron chi connectivity index (χ3n) is 5.95. The van der Waals surface area contributed by atoms with Gasteiger partial charge in [-0.15, -0.1) is 0 Å². The second-order valence-corrected chi connectivity index (χ2v) is 8.93. The monoisotopic (exact) mass is 539 g/mol. The van der Waals surface area contributed by atoms with Crippen LogP contribution in [0.2, 0.25) is 5.02 Å². The fourth-order valence-electron chi connectivity index (χ4n) is 4.01. The molecule has 0 bridgehead atoms. The number of para-hydroxylation sites is 1. The fraction of sp³-hybridized carbons (Fsp3) is 0.0667. The van der Waals surface area contributed by atoms with Gasteiger partial charge in [0, 0.05) is 22.2 Å². The van der Waals surface area contributed by atoms with Crippen molar-refractivity contribution in [3.05, 3.63) is 123 Å². The van der Waals surface area contributed by atoms with Crippen molar-refractivity contribution in [2.45, 2.75) is 6.61 Å². The van der Waals surface area contributed by atoms with Crippen LogP contribution in [0.1, 0.15) is 21.5 Å². The third kappa shape index (κ3) is 5.51. The van der Waals surface area contributed by atoms with Crippen molar-refractivity contribution in [3.8, 4) is 22.9 Å². The van der Waals surface area contributed by atoms with Gasteiger partial charge in [-0.05, 0) is 35.9 Å². The Hall–Kier alpha value is -4.95. The fourth-order valence-corrected chi connectivity index (χ4v) is 4.23. The zero-order chi connectivity index (χ0) is 27.4. The Morgan fingerprint density at radius 3 is 2.46 bits per heavy atom. The first-order chi connectivity index (χ1) is 18.9. The number of methoxy groups -OCH3 is 1. The summed E-state index contributed by atoms with van der Waals surface area (Å²) in [6.07, 6.45) is 1.47. The molecule has 0 saturated carbocycles. The summed E-state index contributed by atoms with van der Waals surface area (Å²) in [7, 11) is 1.49. The molecule has 5 aromatic rings. The highest BCUT2D eigenvalue weighted by Gasteiger charge is 2.15. The molecule has 0 unspecified atom stereocenters. The largest absolute Gasteiger partial charge is 0.493 e. The Morgan fingerprint density at radius 1 is 1.03 bits per heavy atom. The molecule has 5 rings (SSSR count). The first-order valence-electron chi connectivity index (χ1n) is 11.9. The first-order valence-corrected chi connectivity index (χ1v) is 12.3. The maximum absolute atomic E-state index is 13.5. The Balaban J connectivity index is 1.57. The lowest BCUT2D eigenvalue weighted by Crippen LogP contribution is -2.20. The molecule has 1 N–H and O–H groups in total. The molecule has 0 fully saturated rings. The normalized spacial score (nSPS) is 11.1. The van der Waals surface area contributed by atoms with E-state index in [9.17, 15) is 9.59 Å². The van der Waals surface area contributed by atoms with E-state index in [2.05, 4.69) is 5.10 Å². The number of ether oxygens (including phenoxy) is 2. The van der Waals surface area contributed by atoms with Gasteiger partial charge in [0.05, 0.1) is 29.8 Å². The number of aromatic carboxylic acids is 1. The molecule has 0 aliphatic heterocycles. The molecule has 0 saturated heterocycles. The molecule has 0 atom stereocenters. The van der Waals surface area contributed by atoms with E-state index < -0.39 is 5.97 Å². The molecule has 1 heterocycles. The van der Waals surface area contributed by atoms with Gasteiger partial charge in [0.25, 0.3) is 5.56 Å². The Morgan fingerprint density at radius 2 is 1.74 bits per heavy atom. The van der Waals surface area contributed by atoms with Crippen LogP contribution in [0.5, 0.6) is 11.5 Å². The maximum Gasteiger partial charge on any atom is 0.335 e. The van der Waals surface area contributed by atoms with E-state index in [4.69, 9.17) is 31.2 Å². The van der Waals surface area contributed by atoms with Gasteiger partial charge < -0.3 is 14.6 Å². The number of carbonyl (C=O) groups is 1. The number of hydrogen-bond donors (Lipinski definition) is 1. The van der Waals surface area contributed by atoms with Gasteiger partial charge in [0.2, 0.25) is 0 Å². The van der Waals surface area contributed by atoms with Gasteiger partial charge in [-0.1, -0.05) is 66.2 Å². The Kier molecular flexibility index (Phi) is 7.38. The average Bonchev–Trinajstić information content (AvgIpc) is 2.96. The smallest absolute Gasteiger partial charge is 0.335 e. The lowest BCUT2D eigenvalue weighted by molar-refractivity contribution is 0.0697. The molecular weight excluding hydrogens is 518 g/mol. The van der Waals surface area contributed by atoms with Crippen molar-refractivity contribution < 1.29 is 19.4 Å². The van der Waals surface area contributed by atoms with Gasteiger partial charge in [0.15, 0.2) is 17.3 Å². The molecular formula is C30H22ClN3O5. The van der Waals surface area contributed by atoms with Crippen molar-refractivity contribution in [3.63, 3.8) is 0 Å². The van der Waals surface area contributed by atoms with Crippen LogP contribution < -0.4 is 15.0 Å². The third-order valence-corrected chi connectivity index (χ3v) is 6.17. The molecule has 1 aromatic heterocycles. The molecule has 8 nitrogen and oxygen atoms in total. The minimum absolute atomic E-state index is 0.130. The summed E-state index contributed by atoms with van der Waals surface area (Å²) in [5, 5.41) is 14.5. The number of benzene rings is 4. The highest BCUT2D eigenvalue weighted by molar-refractivity contribution is 6.31. The summed E-state index contributed by atoms with van der Waals surface area (Å²) in [5.74, 6) is 0.105. The molecule has 4 aromatic carbocycles. The maximum atomic E-state index is 13.5. The minimum atomic E-state index is -1.01. The van der Waals surface area contributed by atoms with Crippen molar-refractivity contribution in [2.75, 3.05) is 7.11 Å². The van der Waals surface area contributed by atoms with Gasteiger partial charge >= 0.3 is 5.97 Å². The summed E-state index contributed by atoms with van der Waals surface area (Å²) in [4.78, 5) is 29.4. The average molecular weight is 540 g/mol. The van der Waals surface area contributed by atoms with Crippen molar-refractivity contribution in [2.24, 2.45) is 5.10 Å². The van der Waals surface area contributed by atoms with Gasteiger partial charge in [-0.2, -0.15) is 9.78 Å². The van der Waals surface area contributed by atoms with Crippen LogP contribution >= 0.6 is 11.6 Å². The second kappa shape index (κ2) is 11.2. The highest BCUT2D eigenvalue weighted by atomic mass is 35.5. The van der Waals surface area contributed by atoms with E-state index in [1.54, 1.807) is 42.5 Å². The number of fused-ring (bicyclic) bond motifs is 1. The van der Waals surface area contributed by atoms with Gasteiger partial charge in [-0.3, -0.25) is 4.79 Å². The van der Waals surface area contributed by atoms with Crippen molar-refractivity contribution >= 4 is 34.7 Å².